The minimum atomic E-state index is -4.38. The van der Waals surface area contributed by atoms with E-state index in [1.165, 1.54) is 24.3 Å². The molecule has 1 unspecified atom stereocenters. The lowest BCUT2D eigenvalue weighted by atomic mass is 10.2. The fraction of sp³-hybridized carbons (Fsp3) is 0.417. The second-order valence-corrected chi connectivity index (χ2v) is 3.87. The van der Waals surface area contributed by atoms with Gasteiger partial charge in [-0.3, -0.25) is 0 Å². The van der Waals surface area contributed by atoms with Crippen LogP contribution in [-0.4, -0.2) is 29.9 Å². The molecule has 2 N–H and O–H groups in total. The minimum absolute atomic E-state index is 0.0752. The van der Waals surface area contributed by atoms with Crippen LogP contribution < -0.4 is 10.1 Å². The van der Waals surface area contributed by atoms with E-state index in [0.717, 1.165) is 0 Å². The van der Waals surface area contributed by atoms with Crippen LogP contribution in [0.4, 0.5) is 18.9 Å². The maximum Gasteiger partial charge on any atom is 0.422 e. The van der Waals surface area contributed by atoms with Gasteiger partial charge in [-0.1, -0.05) is 6.92 Å². The summed E-state index contributed by atoms with van der Waals surface area (Å²) in [5.74, 6) is -0.911. The lowest BCUT2D eigenvalue weighted by Crippen LogP contribution is -2.28. The van der Waals surface area contributed by atoms with Crippen LogP contribution >= 0.6 is 0 Å². The normalized spacial score (nSPS) is 12.8. The number of carboxylic acids is 1. The summed E-state index contributed by atoms with van der Waals surface area (Å²) in [4.78, 5) is 10.8. The van der Waals surface area contributed by atoms with Gasteiger partial charge < -0.3 is 15.2 Å². The molecule has 0 amide bonds. The number of alkyl halides is 3. The van der Waals surface area contributed by atoms with Crippen LogP contribution in [0.25, 0.3) is 0 Å². The summed E-state index contributed by atoms with van der Waals surface area (Å²) in [5.41, 5.74) is 0.508. The molecule has 0 fully saturated rings. The molecule has 0 aliphatic rings. The zero-order valence-corrected chi connectivity index (χ0v) is 10.2. The third-order valence-corrected chi connectivity index (χ3v) is 2.30. The molecule has 0 aromatic heterocycles. The van der Waals surface area contributed by atoms with Crippen LogP contribution in [0.1, 0.15) is 13.3 Å². The third kappa shape index (κ3) is 5.50. The number of carbonyl (C=O) groups is 1. The first-order chi connectivity index (χ1) is 8.81. The molecule has 106 valence electrons. The predicted molar refractivity (Wildman–Crippen MR) is 63.3 cm³/mol. The summed E-state index contributed by atoms with van der Waals surface area (Å²) in [7, 11) is 0. The van der Waals surface area contributed by atoms with Crippen molar-refractivity contribution in [2.75, 3.05) is 11.9 Å². The maximum absolute atomic E-state index is 11.9. The first-order valence-corrected chi connectivity index (χ1v) is 5.61. The molecule has 1 aromatic carbocycles. The second-order valence-electron chi connectivity index (χ2n) is 3.87. The van der Waals surface area contributed by atoms with Crippen molar-refractivity contribution in [1.82, 2.24) is 0 Å². The monoisotopic (exact) mass is 277 g/mol. The van der Waals surface area contributed by atoms with E-state index in [4.69, 9.17) is 5.11 Å². The smallest absolute Gasteiger partial charge is 0.422 e. The van der Waals surface area contributed by atoms with E-state index in [-0.39, 0.29) is 5.75 Å². The average Bonchev–Trinajstić information content (AvgIpc) is 2.33. The summed E-state index contributed by atoms with van der Waals surface area (Å²) in [6.07, 6.45) is -3.99. The van der Waals surface area contributed by atoms with Gasteiger partial charge in [0.05, 0.1) is 0 Å². The average molecular weight is 277 g/mol. The topological polar surface area (TPSA) is 58.6 Å². The van der Waals surface area contributed by atoms with Crippen LogP contribution in [0.15, 0.2) is 24.3 Å². The van der Waals surface area contributed by atoms with Crippen LogP contribution in [0.5, 0.6) is 5.75 Å². The zero-order valence-electron chi connectivity index (χ0n) is 10.2. The largest absolute Gasteiger partial charge is 0.484 e. The SMILES string of the molecule is CCC(Nc1ccc(OCC(F)(F)F)cc1)C(=O)O. The number of benzene rings is 1. The molecule has 1 atom stereocenters. The number of ether oxygens (including phenoxy) is 1. The van der Waals surface area contributed by atoms with Crippen LogP contribution in [0, 0.1) is 0 Å². The summed E-state index contributed by atoms with van der Waals surface area (Å²) < 4.78 is 40.3. The molecule has 0 aliphatic carbocycles. The number of carboxylic acid groups (broad SMARTS) is 1. The Hall–Kier alpha value is -1.92. The molecule has 1 aromatic rings. The van der Waals surface area contributed by atoms with E-state index in [9.17, 15) is 18.0 Å². The molecule has 0 bridgehead atoms. The van der Waals surface area contributed by atoms with Crippen molar-refractivity contribution in [3.63, 3.8) is 0 Å². The van der Waals surface area contributed by atoms with Crippen molar-refractivity contribution >= 4 is 11.7 Å². The highest BCUT2D eigenvalue weighted by Gasteiger charge is 2.28. The van der Waals surface area contributed by atoms with Crippen LogP contribution in [0.3, 0.4) is 0 Å². The van der Waals surface area contributed by atoms with Gasteiger partial charge in [-0.15, -0.1) is 0 Å². The van der Waals surface area contributed by atoms with Crippen molar-refractivity contribution in [3.8, 4) is 5.75 Å². The molecular formula is C12H14F3NO3. The van der Waals surface area contributed by atoms with Gasteiger partial charge >= 0.3 is 12.1 Å². The quantitative estimate of drug-likeness (QED) is 0.839. The Morgan fingerprint density at radius 3 is 2.37 bits per heavy atom. The Kier molecular flexibility index (Phi) is 5.02. The number of nitrogens with one attached hydrogen (secondary N) is 1. The van der Waals surface area contributed by atoms with Gasteiger partial charge in [-0.25, -0.2) is 4.79 Å². The Morgan fingerprint density at radius 1 is 1.37 bits per heavy atom. The molecule has 0 saturated carbocycles. The van der Waals surface area contributed by atoms with Gasteiger partial charge in [0.1, 0.15) is 11.8 Å². The van der Waals surface area contributed by atoms with Crippen molar-refractivity contribution in [3.05, 3.63) is 24.3 Å². The maximum atomic E-state index is 11.9. The van der Waals surface area contributed by atoms with E-state index < -0.39 is 24.8 Å². The number of anilines is 1. The van der Waals surface area contributed by atoms with Gasteiger partial charge in [-0.2, -0.15) is 13.2 Å². The lowest BCUT2D eigenvalue weighted by Gasteiger charge is -2.14. The minimum Gasteiger partial charge on any atom is -0.484 e. The van der Waals surface area contributed by atoms with Crippen LogP contribution in [0.2, 0.25) is 0 Å². The van der Waals surface area contributed by atoms with Gasteiger partial charge in [-0.05, 0) is 30.7 Å². The Balaban J connectivity index is 2.59. The number of hydrogen-bond donors (Lipinski definition) is 2. The Bertz CT molecular complexity index is 417. The Morgan fingerprint density at radius 2 is 1.95 bits per heavy atom. The Labute approximate surface area is 108 Å². The molecule has 0 heterocycles. The van der Waals surface area contributed by atoms with Gasteiger partial charge in [0.2, 0.25) is 0 Å². The van der Waals surface area contributed by atoms with Crippen LogP contribution in [-0.2, 0) is 4.79 Å². The summed E-state index contributed by atoms with van der Waals surface area (Å²) >= 11 is 0. The van der Waals surface area contributed by atoms with Gasteiger partial charge in [0.25, 0.3) is 0 Å². The van der Waals surface area contributed by atoms with Crippen molar-refractivity contribution in [2.24, 2.45) is 0 Å². The van der Waals surface area contributed by atoms with Crippen molar-refractivity contribution in [2.45, 2.75) is 25.6 Å². The molecular weight excluding hydrogens is 263 g/mol. The number of rotatable bonds is 6. The second kappa shape index (κ2) is 6.31. The first-order valence-electron chi connectivity index (χ1n) is 5.61. The highest BCUT2D eigenvalue weighted by molar-refractivity contribution is 5.77. The van der Waals surface area contributed by atoms with Crippen molar-refractivity contribution in [1.29, 1.82) is 0 Å². The van der Waals surface area contributed by atoms with Gasteiger partial charge in [0, 0.05) is 5.69 Å². The summed E-state index contributed by atoms with van der Waals surface area (Å²) in [6, 6.07) is 4.90. The molecule has 0 radical (unpaired) electrons. The number of hydrogen-bond acceptors (Lipinski definition) is 3. The van der Waals surface area contributed by atoms with Crippen molar-refractivity contribution < 1.29 is 27.8 Å². The summed E-state index contributed by atoms with van der Waals surface area (Å²) in [5, 5.41) is 11.6. The first kappa shape index (κ1) is 15.1. The van der Waals surface area contributed by atoms with E-state index >= 15 is 0 Å². The molecule has 1 rings (SSSR count). The van der Waals surface area contributed by atoms with E-state index in [0.29, 0.717) is 12.1 Å². The van der Waals surface area contributed by atoms with E-state index in [1.54, 1.807) is 6.92 Å². The fourth-order valence-corrected chi connectivity index (χ4v) is 1.35. The lowest BCUT2D eigenvalue weighted by molar-refractivity contribution is -0.153. The van der Waals surface area contributed by atoms with E-state index in [1.807, 2.05) is 0 Å². The molecule has 4 nitrogen and oxygen atoms in total. The van der Waals surface area contributed by atoms with E-state index in [2.05, 4.69) is 10.1 Å². The fourth-order valence-electron chi connectivity index (χ4n) is 1.35. The number of halogens is 3. The highest BCUT2D eigenvalue weighted by atomic mass is 19.4. The zero-order chi connectivity index (χ0) is 14.5. The molecule has 0 aliphatic heterocycles. The molecule has 0 spiro atoms. The van der Waals surface area contributed by atoms with Gasteiger partial charge in [0.15, 0.2) is 6.61 Å². The predicted octanol–water partition coefficient (Wildman–Crippen LogP) is 2.90. The standard InChI is InChI=1S/C12H14F3NO3/c1-2-10(11(17)18)16-8-3-5-9(6-4-8)19-7-12(13,14)15/h3-6,10,16H,2,7H2,1H3,(H,17,18). The molecule has 0 saturated heterocycles. The third-order valence-electron chi connectivity index (χ3n) is 2.30. The highest BCUT2D eigenvalue weighted by Crippen LogP contribution is 2.20. The molecule has 7 heteroatoms. The number of aliphatic carboxylic acids is 1. The summed E-state index contributed by atoms with van der Waals surface area (Å²) in [6.45, 7) is 0.360. The molecule has 19 heavy (non-hydrogen) atoms.